The van der Waals surface area contributed by atoms with Gasteiger partial charge in [-0.05, 0) is 18.4 Å². The first-order chi connectivity index (χ1) is 8.25. The summed E-state index contributed by atoms with van der Waals surface area (Å²) in [7, 11) is 0. The summed E-state index contributed by atoms with van der Waals surface area (Å²) in [6, 6.07) is 4.10. The van der Waals surface area contributed by atoms with E-state index in [-0.39, 0.29) is 11.3 Å². The number of thiophene rings is 1. The summed E-state index contributed by atoms with van der Waals surface area (Å²) in [5, 5.41) is 2.97. The molecule has 0 aliphatic carbocycles. The fourth-order valence-corrected chi connectivity index (χ4v) is 4.71. The average molecular weight is 282 g/mol. The van der Waals surface area contributed by atoms with Crippen molar-refractivity contribution >= 4 is 45.5 Å². The van der Waals surface area contributed by atoms with Gasteiger partial charge in [-0.1, -0.05) is 6.07 Å². The van der Waals surface area contributed by atoms with Crippen LogP contribution in [0.5, 0.6) is 0 Å². The van der Waals surface area contributed by atoms with Crippen molar-refractivity contribution in [3.05, 3.63) is 33.5 Å². The smallest absolute Gasteiger partial charge is 0.240 e. The lowest BCUT2D eigenvalue weighted by Crippen LogP contribution is -2.27. The van der Waals surface area contributed by atoms with E-state index in [9.17, 15) is 4.79 Å². The van der Waals surface area contributed by atoms with Crippen LogP contribution in [-0.4, -0.2) is 16.6 Å². The van der Waals surface area contributed by atoms with Crippen LogP contribution in [0.4, 0.5) is 5.13 Å². The SMILES string of the molecule is Cc1cnc(N2C(=O)CS[C@H]2c2cccs2)s1. The quantitative estimate of drug-likeness (QED) is 0.847. The van der Waals surface area contributed by atoms with Crippen LogP contribution in [0.25, 0.3) is 0 Å². The predicted molar refractivity (Wildman–Crippen MR) is 73.9 cm³/mol. The highest BCUT2D eigenvalue weighted by atomic mass is 32.2. The first-order valence-corrected chi connectivity index (χ1v) is 7.89. The minimum absolute atomic E-state index is 0.105. The molecule has 3 rings (SSSR count). The molecule has 2 aromatic rings. The molecular formula is C11H10N2OS3. The number of nitrogens with zero attached hydrogens (tertiary/aromatic N) is 2. The molecule has 17 heavy (non-hydrogen) atoms. The Labute approximate surface area is 111 Å². The standard InChI is InChI=1S/C11H10N2OS3/c1-7-5-12-11(17-7)13-9(14)6-16-10(13)8-3-2-4-15-8/h2-5,10H,6H2,1H3/t10-/m0/s1. The average Bonchev–Trinajstić information content (AvgIpc) is 2.97. The zero-order valence-electron chi connectivity index (χ0n) is 9.12. The first-order valence-electron chi connectivity index (χ1n) is 5.15. The minimum Gasteiger partial charge on any atom is -0.273 e. The van der Waals surface area contributed by atoms with Gasteiger partial charge in [0.2, 0.25) is 5.91 Å². The normalized spacial score (nSPS) is 20.2. The van der Waals surface area contributed by atoms with E-state index in [1.54, 1.807) is 34.4 Å². The summed E-state index contributed by atoms with van der Waals surface area (Å²) in [6.45, 7) is 2.01. The van der Waals surface area contributed by atoms with E-state index >= 15 is 0 Å². The molecule has 0 N–H and O–H groups in total. The van der Waals surface area contributed by atoms with Crippen molar-refractivity contribution < 1.29 is 4.79 Å². The fraction of sp³-hybridized carbons (Fsp3) is 0.273. The van der Waals surface area contributed by atoms with Gasteiger partial charge < -0.3 is 0 Å². The van der Waals surface area contributed by atoms with Gasteiger partial charge in [-0.25, -0.2) is 4.98 Å². The number of aryl methyl sites for hydroxylation is 1. The topological polar surface area (TPSA) is 33.2 Å². The molecule has 3 nitrogen and oxygen atoms in total. The summed E-state index contributed by atoms with van der Waals surface area (Å²) in [4.78, 5) is 20.5. The number of hydrogen-bond donors (Lipinski definition) is 0. The molecule has 3 heterocycles. The molecule has 1 aliphatic rings. The Morgan fingerprint density at radius 3 is 3.06 bits per heavy atom. The van der Waals surface area contributed by atoms with Crippen LogP contribution < -0.4 is 4.90 Å². The number of carbonyl (C=O) groups excluding carboxylic acids is 1. The molecule has 0 spiro atoms. The van der Waals surface area contributed by atoms with E-state index in [0.29, 0.717) is 5.75 Å². The predicted octanol–water partition coefficient (Wildman–Crippen LogP) is 3.29. The fourth-order valence-electron chi connectivity index (χ4n) is 1.73. The summed E-state index contributed by atoms with van der Waals surface area (Å²) < 4.78 is 0. The number of thiazole rings is 1. The van der Waals surface area contributed by atoms with Crippen molar-refractivity contribution in [1.29, 1.82) is 0 Å². The highest BCUT2D eigenvalue weighted by molar-refractivity contribution is 8.01. The lowest BCUT2D eigenvalue weighted by Gasteiger charge is -2.19. The van der Waals surface area contributed by atoms with Crippen molar-refractivity contribution in [2.75, 3.05) is 10.7 Å². The summed E-state index contributed by atoms with van der Waals surface area (Å²) in [5.41, 5.74) is 0. The second-order valence-electron chi connectivity index (χ2n) is 3.70. The molecule has 0 unspecified atom stereocenters. The van der Waals surface area contributed by atoms with Crippen LogP contribution in [0.1, 0.15) is 15.1 Å². The number of amides is 1. The highest BCUT2D eigenvalue weighted by Gasteiger charge is 2.36. The Bertz CT molecular complexity index is 535. The second kappa shape index (κ2) is 4.44. The third-order valence-corrected chi connectivity index (χ3v) is 5.65. The van der Waals surface area contributed by atoms with Gasteiger partial charge >= 0.3 is 0 Å². The molecule has 1 aliphatic heterocycles. The van der Waals surface area contributed by atoms with Crippen molar-refractivity contribution in [2.24, 2.45) is 0 Å². The van der Waals surface area contributed by atoms with Crippen molar-refractivity contribution in [1.82, 2.24) is 4.98 Å². The van der Waals surface area contributed by atoms with Crippen LogP contribution in [-0.2, 0) is 4.79 Å². The Hall–Kier alpha value is -0.850. The van der Waals surface area contributed by atoms with Gasteiger partial charge in [-0.15, -0.1) is 34.4 Å². The maximum Gasteiger partial charge on any atom is 0.240 e. The largest absolute Gasteiger partial charge is 0.273 e. The number of thioether (sulfide) groups is 1. The zero-order valence-corrected chi connectivity index (χ0v) is 11.6. The second-order valence-corrected chi connectivity index (χ2v) is 6.96. The highest BCUT2D eigenvalue weighted by Crippen LogP contribution is 2.44. The molecule has 0 aromatic carbocycles. The molecule has 1 amide bonds. The molecule has 6 heteroatoms. The van der Waals surface area contributed by atoms with E-state index < -0.39 is 0 Å². The number of aromatic nitrogens is 1. The lowest BCUT2D eigenvalue weighted by molar-refractivity contribution is -0.115. The number of hydrogen-bond acceptors (Lipinski definition) is 5. The number of anilines is 1. The molecule has 1 atom stereocenters. The van der Waals surface area contributed by atoms with Crippen molar-refractivity contribution in [2.45, 2.75) is 12.3 Å². The molecule has 1 fully saturated rings. The van der Waals surface area contributed by atoms with Crippen molar-refractivity contribution in [3.8, 4) is 0 Å². The van der Waals surface area contributed by atoms with Crippen LogP contribution in [0.2, 0.25) is 0 Å². The molecule has 2 aromatic heterocycles. The van der Waals surface area contributed by atoms with Gasteiger partial charge in [-0.2, -0.15) is 0 Å². The van der Waals surface area contributed by atoms with Gasteiger partial charge in [-0.3, -0.25) is 9.69 Å². The Morgan fingerprint density at radius 2 is 2.41 bits per heavy atom. The van der Waals surface area contributed by atoms with Crippen LogP contribution in [0.3, 0.4) is 0 Å². The van der Waals surface area contributed by atoms with E-state index in [1.165, 1.54) is 4.88 Å². The number of carbonyl (C=O) groups is 1. The van der Waals surface area contributed by atoms with E-state index in [2.05, 4.69) is 11.1 Å². The third-order valence-electron chi connectivity index (χ3n) is 2.47. The monoisotopic (exact) mass is 282 g/mol. The Balaban J connectivity index is 1.97. The third kappa shape index (κ3) is 2.00. The first kappa shape index (κ1) is 11.3. The van der Waals surface area contributed by atoms with Gasteiger partial charge in [0, 0.05) is 16.0 Å². The van der Waals surface area contributed by atoms with E-state index in [0.717, 1.165) is 10.0 Å². The molecule has 0 saturated carbocycles. The lowest BCUT2D eigenvalue weighted by atomic mass is 10.4. The van der Waals surface area contributed by atoms with Gasteiger partial charge in [0.05, 0.1) is 5.75 Å². The molecule has 88 valence electrons. The van der Waals surface area contributed by atoms with Crippen LogP contribution in [0.15, 0.2) is 23.7 Å². The van der Waals surface area contributed by atoms with Gasteiger partial charge in [0.15, 0.2) is 5.13 Å². The maximum atomic E-state index is 12.0. The molecule has 1 saturated heterocycles. The van der Waals surface area contributed by atoms with Crippen LogP contribution >= 0.6 is 34.4 Å². The summed E-state index contributed by atoms with van der Waals surface area (Å²) in [6.07, 6.45) is 1.82. The van der Waals surface area contributed by atoms with E-state index in [1.807, 2.05) is 29.5 Å². The van der Waals surface area contributed by atoms with E-state index in [4.69, 9.17) is 0 Å². The van der Waals surface area contributed by atoms with Gasteiger partial charge in [0.25, 0.3) is 0 Å². The maximum absolute atomic E-state index is 12.0. The van der Waals surface area contributed by atoms with Crippen molar-refractivity contribution in [3.63, 3.8) is 0 Å². The Morgan fingerprint density at radius 1 is 1.53 bits per heavy atom. The van der Waals surface area contributed by atoms with Gasteiger partial charge in [0.1, 0.15) is 5.37 Å². The Kier molecular flexibility index (Phi) is 2.94. The molecule has 0 bridgehead atoms. The number of rotatable bonds is 2. The van der Waals surface area contributed by atoms with Crippen LogP contribution in [0, 0.1) is 6.92 Å². The zero-order chi connectivity index (χ0) is 11.8. The minimum atomic E-state index is 0.105. The molecule has 0 radical (unpaired) electrons. The summed E-state index contributed by atoms with van der Waals surface area (Å²) >= 11 is 4.94. The summed E-state index contributed by atoms with van der Waals surface area (Å²) in [5.74, 6) is 0.698. The molecular weight excluding hydrogens is 272 g/mol.